The fourth-order valence-corrected chi connectivity index (χ4v) is 4.13. The van der Waals surface area contributed by atoms with Crippen molar-refractivity contribution in [3.8, 4) is 35.3 Å². The van der Waals surface area contributed by atoms with Gasteiger partial charge in [-0.1, -0.05) is 0 Å². The molecule has 0 N–H and O–H groups in total. The van der Waals surface area contributed by atoms with Crippen molar-refractivity contribution < 1.29 is 9.53 Å². The number of piperazine rings is 1. The summed E-state index contributed by atoms with van der Waals surface area (Å²) >= 11 is 0. The van der Waals surface area contributed by atoms with Crippen molar-refractivity contribution in [2.75, 3.05) is 37.7 Å². The van der Waals surface area contributed by atoms with Crippen LogP contribution in [0.1, 0.15) is 5.56 Å². The number of hydrogen-bond donors (Lipinski definition) is 0. The van der Waals surface area contributed by atoms with Gasteiger partial charge in [0.15, 0.2) is 0 Å². The molecule has 0 radical (unpaired) electrons. The van der Waals surface area contributed by atoms with Gasteiger partial charge in [-0.15, -0.1) is 6.42 Å². The fraction of sp³-hybridized carbons (Fsp3) is 0.240. The van der Waals surface area contributed by atoms with Gasteiger partial charge in [0.25, 0.3) is 5.91 Å². The molecular weight excluding hydrogens is 444 g/mol. The van der Waals surface area contributed by atoms with Crippen LogP contribution in [0.25, 0.3) is 16.6 Å². The van der Waals surface area contributed by atoms with E-state index in [4.69, 9.17) is 11.2 Å². The molecule has 1 aliphatic rings. The van der Waals surface area contributed by atoms with Gasteiger partial charge in [0.2, 0.25) is 0 Å². The van der Waals surface area contributed by atoms with E-state index in [1.807, 2.05) is 29.0 Å². The summed E-state index contributed by atoms with van der Waals surface area (Å²) in [5.41, 5.74) is 2.83. The summed E-state index contributed by atoms with van der Waals surface area (Å²) in [7, 11) is 0. The van der Waals surface area contributed by atoms with E-state index in [9.17, 15) is 10.1 Å². The molecular formula is C25H22N8O2. The maximum absolute atomic E-state index is 11.7. The Morgan fingerprint density at radius 2 is 2.06 bits per heavy atom. The van der Waals surface area contributed by atoms with Gasteiger partial charge in [0.05, 0.1) is 36.3 Å². The topological polar surface area (TPSA) is 105 Å². The van der Waals surface area contributed by atoms with Crippen LogP contribution in [-0.4, -0.2) is 67.7 Å². The number of ether oxygens (including phenoxy) is 1. The summed E-state index contributed by atoms with van der Waals surface area (Å²) in [4.78, 5) is 24.2. The third-order valence-corrected chi connectivity index (χ3v) is 5.96. The van der Waals surface area contributed by atoms with Crippen molar-refractivity contribution in [1.29, 1.82) is 5.26 Å². The number of terminal acetylenes is 1. The maximum atomic E-state index is 11.7. The lowest BCUT2D eigenvalue weighted by Crippen LogP contribution is -2.48. The van der Waals surface area contributed by atoms with E-state index in [0.717, 1.165) is 16.9 Å². The van der Waals surface area contributed by atoms with Gasteiger partial charge >= 0.3 is 0 Å². The molecule has 0 aromatic carbocycles. The van der Waals surface area contributed by atoms with Crippen LogP contribution >= 0.6 is 0 Å². The summed E-state index contributed by atoms with van der Waals surface area (Å²) in [5, 5.41) is 13.9. The zero-order valence-electron chi connectivity index (χ0n) is 18.9. The van der Waals surface area contributed by atoms with E-state index in [1.165, 1.54) is 0 Å². The van der Waals surface area contributed by atoms with Gasteiger partial charge in [-0.3, -0.25) is 4.79 Å². The highest BCUT2D eigenvalue weighted by Crippen LogP contribution is 2.31. The maximum Gasteiger partial charge on any atom is 0.298 e. The van der Waals surface area contributed by atoms with E-state index in [1.54, 1.807) is 40.5 Å². The number of carbonyl (C=O) groups is 1. The molecule has 0 unspecified atom stereocenters. The highest BCUT2D eigenvalue weighted by Gasteiger charge is 2.21. The Hall–Kier alpha value is -4.83. The number of fused-ring (bicyclic) bond motifs is 1. The summed E-state index contributed by atoms with van der Waals surface area (Å²) in [6.07, 6.45) is 15.7. The van der Waals surface area contributed by atoms with Crippen LogP contribution in [0.4, 0.5) is 5.82 Å². The van der Waals surface area contributed by atoms with E-state index in [2.05, 4.69) is 32.0 Å². The number of aromatic nitrogens is 5. The Morgan fingerprint density at radius 1 is 1.20 bits per heavy atom. The Morgan fingerprint density at radius 3 is 2.74 bits per heavy atom. The van der Waals surface area contributed by atoms with Gasteiger partial charge in [0, 0.05) is 55.9 Å². The Balaban J connectivity index is 1.38. The summed E-state index contributed by atoms with van der Waals surface area (Å²) in [6.45, 7) is 3.56. The Bertz CT molecular complexity index is 1420. The quantitative estimate of drug-likeness (QED) is 0.399. The molecule has 1 fully saturated rings. The molecule has 174 valence electrons. The van der Waals surface area contributed by atoms with Gasteiger partial charge in [-0.2, -0.15) is 10.4 Å². The molecule has 0 aliphatic carbocycles. The molecule has 4 aromatic heterocycles. The molecule has 35 heavy (non-hydrogen) atoms. The average Bonchev–Trinajstić information content (AvgIpc) is 3.58. The number of hydrogen-bond acceptors (Lipinski definition) is 7. The van der Waals surface area contributed by atoms with Crippen molar-refractivity contribution in [2.45, 2.75) is 6.54 Å². The van der Waals surface area contributed by atoms with Crippen molar-refractivity contribution in [2.24, 2.45) is 0 Å². The van der Waals surface area contributed by atoms with Crippen LogP contribution in [0.5, 0.6) is 5.75 Å². The number of nitriles is 1. The lowest BCUT2D eigenvalue weighted by molar-refractivity contribution is -0.125. The molecule has 5 rings (SSSR count). The minimum atomic E-state index is -0.279. The highest BCUT2D eigenvalue weighted by molar-refractivity contribution is 5.93. The molecule has 1 saturated heterocycles. The molecule has 0 spiro atoms. The van der Waals surface area contributed by atoms with Crippen molar-refractivity contribution in [1.82, 2.24) is 29.0 Å². The molecule has 0 saturated carbocycles. The first-order chi connectivity index (χ1) is 17.2. The molecule has 10 heteroatoms. The molecule has 0 bridgehead atoms. The third kappa shape index (κ3) is 4.50. The summed E-state index contributed by atoms with van der Waals surface area (Å²) in [6, 6.07) is 8.04. The summed E-state index contributed by atoms with van der Waals surface area (Å²) < 4.78 is 9.58. The first-order valence-electron chi connectivity index (χ1n) is 11.1. The van der Waals surface area contributed by atoms with Gasteiger partial charge in [0.1, 0.15) is 24.2 Å². The molecule has 1 amide bonds. The van der Waals surface area contributed by atoms with E-state index in [-0.39, 0.29) is 5.91 Å². The highest BCUT2D eigenvalue weighted by atomic mass is 16.5. The smallest absolute Gasteiger partial charge is 0.298 e. The van der Waals surface area contributed by atoms with Crippen LogP contribution in [0.15, 0.2) is 55.5 Å². The van der Waals surface area contributed by atoms with Crippen LogP contribution in [0.2, 0.25) is 0 Å². The lowest BCUT2D eigenvalue weighted by Gasteiger charge is -2.34. The van der Waals surface area contributed by atoms with Crippen molar-refractivity contribution in [3.05, 3.63) is 61.1 Å². The second-order valence-electron chi connectivity index (χ2n) is 8.03. The predicted molar refractivity (Wildman–Crippen MR) is 128 cm³/mol. The van der Waals surface area contributed by atoms with E-state index < -0.39 is 0 Å². The van der Waals surface area contributed by atoms with Gasteiger partial charge < -0.3 is 19.1 Å². The molecule has 1 aliphatic heterocycles. The Labute approximate surface area is 202 Å². The standard InChI is InChI=1S/C25H22N8O2/c1-2-24(34)32-9-7-31(8-10-32)23-4-3-19(15-28-23)22-13-21(35-12-11-30-6-5-27-18-30)17-33-25(22)20(14-26)16-29-33/h1,3-6,13,15-18H,7-12H2. The average molecular weight is 467 g/mol. The number of carbonyl (C=O) groups excluding carboxylic acids is 1. The lowest BCUT2D eigenvalue weighted by atomic mass is 10.1. The minimum absolute atomic E-state index is 0.279. The first kappa shape index (κ1) is 22.0. The SMILES string of the molecule is C#CC(=O)N1CCN(c2ccc(-c3cc(OCCn4ccnc4)cn4ncc(C#N)c34)cn2)CC1. The van der Waals surface area contributed by atoms with Crippen molar-refractivity contribution in [3.63, 3.8) is 0 Å². The van der Waals surface area contributed by atoms with Gasteiger partial charge in [-0.05, 0) is 24.1 Å². The number of imidazole rings is 1. The second-order valence-corrected chi connectivity index (χ2v) is 8.03. The monoisotopic (exact) mass is 466 g/mol. The van der Waals surface area contributed by atoms with Gasteiger partial charge in [-0.25, -0.2) is 14.5 Å². The minimum Gasteiger partial charge on any atom is -0.490 e. The van der Waals surface area contributed by atoms with E-state index >= 15 is 0 Å². The first-order valence-corrected chi connectivity index (χ1v) is 11.1. The van der Waals surface area contributed by atoms with Crippen molar-refractivity contribution >= 4 is 17.2 Å². The number of pyridine rings is 2. The molecule has 5 heterocycles. The van der Waals surface area contributed by atoms with Crippen LogP contribution in [-0.2, 0) is 11.3 Å². The summed E-state index contributed by atoms with van der Waals surface area (Å²) in [5.74, 6) is 3.35. The third-order valence-electron chi connectivity index (χ3n) is 5.96. The fourth-order valence-electron chi connectivity index (χ4n) is 4.13. The molecule has 0 atom stereocenters. The normalized spacial score (nSPS) is 13.4. The van der Waals surface area contributed by atoms with Crippen LogP contribution < -0.4 is 9.64 Å². The zero-order chi connectivity index (χ0) is 24.2. The number of anilines is 1. The molecule has 10 nitrogen and oxygen atoms in total. The largest absolute Gasteiger partial charge is 0.490 e. The number of rotatable bonds is 6. The Kier molecular flexibility index (Phi) is 6.01. The van der Waals surface area contributed by atoms with Crippen LogP contribution in [0, 0.1) is 23.7 Å². The molecule has 4 aromatic rings. The second kappa shape index (κ2) is 9.57. The van der Waals surface area contributed by atoms with Crippen LogP contribution in [0.3, 0.4) is 0 Å². The predicted octanol–water partition coefficient (Wildman–Crippen LogP) is 1.83. The zero-order valence-corrected chi connectivity index (χ0v) is 18.9. The van der Waals surface area contributed by atoms with E-state index in [0.29, 0.717) is 56.2 Å². The number of amides is 1. The number of nitrogens with zero attached hydrogens (tertiary/aromatic N) is 8.